The van der Waals surface area contributed by atoms with Crippen LogP contribution in [0.1, 0.15) is 30.3 Å². The first-order valence-electron chi connectivity index (χ1n) is 9.36. The fourth-order valence-corrected chi connectivity index (χ4v) is 3.00. The zero-order chi connectivity index (χ0) is 19.9. The number of carbonyl (C=O) groups excluding carboxylic acids is 1. The number of hydrogen-bond acceptors (Lipinski definition) is 6. The maximum atomic E-state index is 12.1. The van der Waals surface area contributed by atoms with Crippen molar-refractivity contribution in [1.29, 1.82) is 0 Å². The molecule has 8 heteroatoms. The molecule has 1 N–H and O–H groups in total. The molecule has 0 aliphatic rings. The van der Waals surface area contributed by atoms with Crippen molar-refractivity contribution in [2.45, 2.75) is 33.6 Å². The number of benzene rings is 1. The molecule has 0 fully saturated rings. The van der Waals surface area contributed by atoms with E-state index >= 15 is 0 Å². The molecule has 8 nitrogen and oxygen atoms in total. The molecule has 1 amide bonds. The Morgan fingerprint density at radius 1 is 1.14 bits per heavy atom. The van der Waals surface area contributed by atoms with Gasteiger partial charge in [-0.05, 0) is 57.0 Å². The number of rotatable bonds is 9. The lowest BCUT2D eigenvalue weighted by atomic mass is 10.1. The molecule has 0 saturated carbocycles. The van der Waals surface area contributed by atoms with E-state index in [1.807, 2.05) is 45.0 Å². The Balaban J connectivity index is 1.42. The minimum atomic E-state index is -0.0206. The number of nitrogens with one attached hydrogen (secondary N) is 1. The van der Waals surface area contributed by atoms with E-state index in [-0.39, 0.29) is 5.91 Å². The summed E-state index contributed by atoms with van der Waals surface area (Å²) in [7, 11) is 0. The number of ether oxygens (including phenoxy) is 2. The second-order valence-electron chi connectivity index (χ2n) is 6.34. The topological polar surface area (TPSA) is 90.6 Å². The van der Waals surface area contributed by atoms with Gasteiger partial charge in [-0.2, -0.15) is 10.1 Å². The lowest BCUT2D eigenvalue weighted by Crippen LogP contribution is -2.28. The van der Waals surface area contributed by atoms with E-state index in [9.17, 15) is 4.79 Å². The maximum Gasteiger partial charge on any atom is 0.252 e. The molecule has 2 heterocycles. The summed E-state index contributed by atoms with van der Waals surface area (Å²) in [6.07, 6.45) is 2.47. The van der Waals surface area contributed by atoms with Crippen molar-refractivity contribution >= 4 is 11.7 Å². The monoisotopic (exact) mass is 383 g/mol. The summed E-state index contributed by atoms with van der Waals surface area (Å²) in [6, 6.07) is 7.43. The SMILES string of the molecule is CCOc1ccc(OCCNC(=O)CCc2c(C)nc3ncnn3c2C)cc1. The summed E-state index contributed by atoms with van der Waals surface area (Å²) in [6.45, 7) is 7.33. The molecule has 0 spiro atoms. The lowest BCUT2D eigenvalue weighted by molar-refractivity contribution is -0.121. The van der Waals surface area contributed by atoms with Crippen molar-refractivity contribution in [2.24, 2.45) is 0 Å². The minimum absolute atomic E-state index is 0.0206. The van der Waals surface area contributed by atoms with E-state index in [0.717, 1.165) is 28.5 Å². The molecule has 2 aromatic heterocycles. The molecule has 28 heavy (non-hydrogen) atoms. The van der Waals surface area contributed by atoms with Crippen LogP contribution in [0.15, 0.2) is 30.6 Å². The predicted molar refractivity (Wildman–Crippen MR) is 105 cm³/mol. The van der Waals surface area contributed by atoms with Crippen LogP contribution in [-0.4, -0.2) is 45.2 Å². The Kier molecular flexibility index (Phi) is 6.41. The zero-order valence-corrected chi connectivity index (χ0v) is 16.4. The van der Waals surface area contributed by atoms with Crippen LogP contribution in [-0.2, 0) is 11.2 Å². The summed E-state index contributed by atoms with van der Waals surface area (Å²) in [5.41, 5.74) is 2.87. The van der Waals surface area contributed by atoms with Gasteiger partial charge in [0, 0.05) is 17.8 Å². The van der Waals surface area contributed by atoms with Crippen LogP contribution in [0, 0.1) is 13.8 Å². The molecule has 0 unspecified atom stereocenters. The highest BCUT2D eigenvalue weighted by atomic mass is 16.5. The highest BCUT2D eigenvalue weighted by molar-refractivity contribution is 5.76. The Bertz CT molecular complexity index is 937. The Morgan fingerprint density at radius 3 is 2.57 bits per heavy atom. The summed E-state index contributed by atoms with van der Waals surface area (Å²) in [4.78, 5) is 20.7. The average molecular weight is 383 g/mol. The Hall–Kier alpha value is -3.16. The first kappa shape index (κ1) is 19.6. The second-order valence-corrected chi connectivity index (χ2v) is 6.34. The molecule has 0 aliphatic carbocycles. The van der Waals surface area contributed by atoms with Crippen molar-refractivity contribution in [1.82, 2.24) is 24.9 Å². The standard InChI is InChI=1S/C20H25N5O3/c1-4-27-16-5-7-17(8-6-16)28-12-11-21-19(26)10-9-18-14(2)24-20-22-13-23-25(20)15(18)3/h5-8,13H,4,9-12H2,1-3H3,(H,21,26). The van der Waals surface area contributed by atoms with Crippen LogP contribution >= 0.6 is 0 Å². The van der Waals surface area contributed by atoms with Crippen LogP contribution in [0.25, 0.3) is 5.78 Å². The van der Waals surface area contributed by atoms with E-state index in [2.05, 4.69) is 20.4 Å². The quantitative estimate of drug-likeness (QED) is 0.570. The smallest absolute Gasteiger partial charge is 0.252 e. The van der Waals surface area contributed by atoms with Crippen molar-refractivity contribution in [3.8, 4) is 11.5 Å². The molecule has 3 aromatic rings. The number of carbonyl (C=O) groups is 1. The predicted octanol–water partition coefficient (Wildman–Crippen LogP) is 2.27. The highest BCUT2D eigenvalue weighted by Gasteiger charge is 2.12. The van der Waals surface area contributed by atoms with Crippen LogP contribution in [0.5, 0.6) is 11.5 Å². The third kappa shape index (κ3) is 4.76. The lowest BCUT2D eigenvalue weighted by Gasteiger charge is -2.11. The van der Waals surface area contributed by atoms with Crippen LogP contribution in [0.4, 0.5) is 0 Å². The van der Waals surface area contributed by atoms with Gasteiger partial charge in [0.15, 0.2) is 0 Å². The largest absolute Gasteiger partial charge is 0.494 e. The number of fused-ring (bicyclic) bond motifs is 1. The first-order chi connectivity index (χ1) is 13.6. The highest BCUT2D eigenvalue weighted by Crippen LogP contribution is 2.17. The van der Waals surface area contributed by atoms with E-state index in [1.54, 1.807) is 4.52 Å². The minimum Gasteiger partial charge on any atom is -0.494 e. The Morgan fingerprint density at radius 2 is 1.86 bits per heavy atom. The summed E-state index contributed by atoms with van der Waals surface area (Å²) in [5, 5.41) is 7.05. The normalized spacial score (nSPS) is 10.8. The number of nitrogens with zero attached hydrogens (tertiary/aromatic N) is 4. The molecule has 148 valence electrons. The van der Waals surface area contributed by atoms with Crippen molar-refractivity contribution in [3.05, 3.63) is 47.5 Å². The maximum absolute atomic E-state index is 12.1. The van der Waals surface area contributed by atoms with Gasteiger partial charge in [-0.3, -0.25) is 4.79 Å². The van der Waals surface area contributed by atoms with E-state index in [4.69, 9.17) is 9.47 Å². The molecule has 0 radical (unpaired) electrons. The number of aryl methyl sites for hydroxylation is 2. The van der Waals surface area contributed by atoms with Gasteiger partial charge in [-0.15, -0.1) is 0 Å². The third-order valence-corrected chi connectivity index (χ3v) is 4.42. The van der Waals surface area contributed by atoms with Crippen molar-refractivity contribution in [2.75, 3.05) is 19.8 Å². The van der Waals surface area contributed by atoms with Crippen molar-refractivity contribution in [3.63, 3.8) is 0 Å². The molecule has 3 rings (SSSR count). The Labute approximate surface area is 163 Å². The van der Waals surface area contributed by atoms with E-state index < -0.39 is 0 Å². The van der Waals surface area contributed by atoms with Gasteiger partial charge in [-0.1, -0.05) is 0 Å². The number of aromatic nitrogens is 4. The molecule has 0 bridgehead atoms. The molecule has 0 aliphatic heterocycles. The zero-order valence-electron chi connectivity index (χ0n) is 16.4. The summed E-state index contributed by atoms with van der Waals surface area (Å²) >= 11 is 0. The molecule has 0 saturated heterocycles. The molecular formula is C20H25N5O3. The number of hydrogen-bond donors (Lipinski definition) is 1. The van der Waals surface area contributed by atoms with Crippen LogP contribution in [0.3, 0.4) is 0 Å². The fourth-order valence-electron chi connectivity index (χ4n) is 3.00. The van der Waals surface area contributed by atoms with Gasteiger partial charge >= 0.3 is 0 Å². The van der Waals surface area contributed by atoms with Crippen molar-refractivity contribution < 1.29 is 14.3 Å². The molecule has 0 atom stereocenters. The molecular weight excluding hydrogens is 358 g/mol. The third-order valence-electron chi connectivity index (χ3n) is 4.42. The van der Waals surface area contributed by atoms with Gasteiger partial charge in [0.2, 0.25) is 5.91 Å². The van der Waals surface area contributed by atoms with Crippen LogP contribution < -0.4 is 14.8 Å². The number of amides is 1. The van der Waals surface area contributed by atoms with Gasteiger partial charge in [0.1, 0.15) is 24.4 Å². The van der Waals surface area contributed by atoms with Gasteiger partial charge in [0.25, 0.3) is 5.78 Å². The first-order valence-corrected chi connectivity index (χ1v) is 9.36. The second kappa shape index (κ2) is 9.16. The van der Waals surface area contributed by atoms with Gasteiger partial charge in [-0.25, -0.2) is 9.50 Å². The van der Waals surface area contributed by atoms with E-state index in [1.165, 1.54) is 6.33 Å². The van der Waals surface area contributed by atoms with Gasteiger partial charge < -0.3 is 14.8 Å². The summed E-state index contributed by atoms with van der Waals surface area (Å²) in [5.74, 6) is 2.12. The average Bonchev–Trinajstić information content (AvgIpc) is 3.15. The summed E-state index contributed by atoms with van der Waals surface area (Å²) < 4.78 is 12.7. The van der Waals surface area contributed by atoms with E-state index in [0.29, 0.717) is 38.4 Å². The molecule has 1 aromatic carbocycles. The van der Waals surface area contributed by atoms with Crippen LogP contribution in [0.2, 0.25) is 0 Å². The van der Waals surface area contributed by atoms with Gasteiger partial charge in [0.05, 0.1) is 13.2 Å². The fraction of sp³-hybridized carbons (Fsp3) is 0.400.